The molecule has 0 aliphatic heterocycles. The Labute approximate surface area is 290 Å². The molecule has 7 nitrogen and oxygen atoms in total. The number of para-hydroxylation sites is 2. The lowest BCUT2D eigenvalue weighted by atomic mass is 9.78. The molecule has 0 spiro atoms. The monoisotopic (exact) mass is 676 g/mol. The largest absolute Gasteiger partial charge is 0.487 e. The third-order valence-electron chi connectivity index (χ3n) is 9.02. The van der Waals surface area contributed by atoms with Crippen molar-refractivity contribution in [1.82, 2.24) is 19.5 Å². The first-order chi connectivity index (χ1) is 23.5. The van der Waals surface area contributed by atoms with Gasteiger partial charge >= 0.3 is 5.97 Å². The molecule has 0 aliphatic carbocycles. The highest BCUT2D eigenvalue weighted by atomic mass is 32.2. The second-order valence-corrected chi connectivity index (χ2v) is 15.3. The number of aromatic nitrogens is 4. The van der Waals surface area contributed by atoms with Crippen molar-refractivity contribution in [2.75, 3.05) is 0 Å². The molecule has 3 aromatic heterocycles. The molecule has 9 heteroatoms. The number of fused-ring (bicyclic) bond motifs is 2. The van der Waals surface area contributed by atoms with E-state index in [1.165, 1.54) is 12.3 Å². The number of benzene rings is 3. The maximum atomic E-state index is 13.5. The molecule has 252 valence electrons. The SMILES string of the molecule is CCC(CC)(Cc1c(SC(C)(C)C)c2cc(OCc3cnc4ccccc4n3)ccc2n1Cc1ccc(-c2ccc(F)cn2)cc1)C(=O)O. The maximum absolute atomic E-state index is 13.5. The molecule has 6 aromatic rings. The number of hydrogen-bond donors (Lipinski definition) is 1. The van der Waals surface area contributed by atoms with Crippen LogP contribution in [0.3, 0.4) is 0 Å². The molecule has 1 N–H and O–H groups in total. The first-order valence-corrected chi connectivity index (χ1v) is 17.4. The van der Waals surface area contributed by atoms with E-state index in [-0.39, 0.29) is 17.2 Å². The summed E-state index contributed by atoms with van der Waals surface area (Å²) in [5.74, 6) is -0.449. The minimum absolute atomic E-state index is 0.139. The van der Waals surface area contributed by atoms with Gasteiger partial charge in [0.2, 0.25) is 0 Å². The fourth-order valence-electron chi connectivity index (χ4n) is 6.15. The van der Waals surface area contributed by atoms with Crippen molar-refractivity contribution in [3.8, 4) is 17.0 Å². The van der Waals surface area contributed by atoms with Crippen LogP contribution in [0.4, 0.5) is 4.39 Å². The molecule has 0 aliphatic rings. The predicted molar refractivity (Wildman–Crippen MR) is 195 cm³/mol. The van der Waals surface area contributed by atoms with Gasteiger partial charge in [0.15, 0.2) is 0 Å². The van der Waals surface area contributed by atoms with Gasteiger partial charge in [-0.2, -0.15) is 0 Å². The van der Waals surface area contributed by atoms with Crippen molar-refractivity contribution in [3.05, 3.63) is 114 Å². The quantitative estimate of drug-likeness (QED) is 0.129. The lowest BCUT2D eigenvalue weighted by Gasteiger charge is -2.29. The van der Waals surface area contributed by atoms with Crippen molar-refractivity contribution in [3.63, 3.8) is 0 Å². The summed E-state index contributed by atoms with van der Waals surface area (Å²) in [6.07, 6.45) is 4.39. The fraction of sp³-hybridized carbons (Fsp3) is 0.300. The van der Waals surface area contributed by atoms with Crippen LogP contribution in [-0.4, -0.2) is 35.3 Å². The van der Waals surface area contributed by atoms with E-state index >= 15 is 0 Å². The summed E-state index contributed by atoms with van der Waals surface area (Å²) in [5, 5.41) is 11.6. The zero-order valence-electron chi connectivity index (χ0n) is 28.5. The van der Waals surface area contributed by atoms with E-state index in [2.05, 4.69) is 59.6 Å². The van der Waals surface area contributed by atoms with Gasteiger partial charge in [-0.1, -0.05) is 71.0 Å². The molecule has 49 heavy (non-hydrogen) atoms. The molecule has 3 heterocycles. The summed E-state index contributed by atoms with van der Waals surface area (Å²) in [6, 6.07) is 25.0. The van der Waals surface area contributed by atoms with Gasteiger partial charge in [-0.15, -0.1) is 11.8 Å². The highest BCUT2D eigenvalue weighted by Crippen LogP contribution is 2.45. The first kappa shape index (κ1) is 34.1. The zero-order valence-corrected chi connectivity index (χ0v) is 29.4. The van der Waals surface area contributed by atoms with Gasteiger partial charge in [0.25, 0.3) is 0 Å². The number of carboxylic acids is 1. The van der Waals surface area contributed by atoms with E-state index in [4.69, 9.17) is 9.72 Å². The predicted octanol–water partition coefficient (Wildman–Crippen LogP) is 9.74. The van der Waals surface area contributed by atoms with Crippen LogP contribution in [0.2, 0.25) is 0 Å². The van der Waals surface area contributed by atoms with E-state index in [1.54, 1.807) is 24.0 Å². The van der Waals surface area contributed by atoms with Crippen LogP contribution in [0.15, 0.2) is 96.2 Å². The molecule has 3 aromatic carbocycles. The molecular weight excluding hydrogens is 636 g/mol. The van der Waals surface area contributed by atoms with Crippen LogP contribution < -0.4 is 4.74 Å². The van der Waals surface area contributed by atoms with Crippen LogP contribution in [0, 0.1) is 11.2 Å². The van der Waals surface area contributed by atoms with Gasteiger partial charge < -0.3 is 14.4 Å². The van der Waals surface area contributed by atoms with Crippen LogP contribution >= 0.6 is 11.8 Å². The Kier molecular flexibility index (Phi) is 9.75. The summed E-state index contributed by atoms with van der Waals surface area (Å²) >= 11 is 1.76. The van der Waals surface area contributed by atoms with Gasteiger partial charge in [-0.25, -0.2) is 9.37 Å². The molecule has 0 saturated carbocycles. The lowest BCUT2D eigenvalue weighted by Crippen LogP contribution is -2.33. The van der Waals surface area contributed by atoms with Gasteiger partial charge in [-0.3, -0.25) is 14.8 Å². The van der Waals surface area contributed by atoms with E-state index in [1.807, 2.05) is 56.3 Å². The number of aliphatic carboxylic acids is 1. The molecule has 0 fully saturated rings. The Hall–Kier alpha value is -4.76. The van der Waals surface area contributed by atoms with Crippen molar-refractivity contribution in [1.29, 1.82) is 0 Å². The minimum atomic E-state index is -0.911. The summed E-state index contributed by atoms with van der Waals surface area (Å²) in [6.45, 7) is 11.3. The number of ether oxygens (including phenoxy) is 1. The number of pyridine rings is 1. The number of carboxylic acid groups (broad SMARTS) is 1. The Morgan fingerprint density at radius 1 is 0.918 bits per heavy atom. The summed E-state index contributed by atoms with van der Waals surface area (Å²) in [4.78, 5) is 27.4. The van der Waals surface area contributed by atoms with E-state index in [9.17, 15) is 14.3 Å². The normalized spacial score (nSPS) is 12.1. The number of halogens is 1. The van der Waals surface area contributed by atoms with Crippen LogP contribution in [0.25, 0.3) is 33.2 Å². The zero-order chi connectivity index (χ0) is 34.8. The van der Waals surface area contributed by atoms with Crippen LogP contribution in [0.5, 0.6) is 5.75 Å². The molecule has 0 saturated heterocycles. The number of carbonyl (C=O) groups is 1. The Morgan fingerprint density at radius 3 is 2.31 bits per heavy atom. The second kappa shape index (κ2) is 14.0. The Bertz CT molecular complexity index is 2100. The minimum Gasteiger partial charge on any atom is -0.487 e. The van der Waals surface area contributed by atoms with Crippen LogP contribution in [-0.2, 0) is 24.4 Å². The average molecular weight is 677 g/mol. The van der Waals surface area contributed by atoms with E-state index in [0.717, 1.165) is 49.3 Å². The highest BCUT2D eigenvalue weighted by molar-refractivity contribution is 8.00. The fourth-order valence-corrected chi connectivity index (χ4v) is 7.34. The van der Waals surface area contributed by atoms with Gasteiger partial charge in [0.05, 0.1) is 40.2 Å². The Balaban J connectivity index is 1.42. The number of rotatable bonds is 12. The molecule has 6 rings (SSSR count). The van der Waals surface area contributed by atoms with Crippen molar-refractivity contribution in [2.45, 2.75) is 76.7 Å². The first-order valence-electron chi connectivity index (χ1n) is 16.6. The molecule has 0 radical (unpaired) electrons. The van der Waals surface area contributed by atoms with Crippen molar-refractivity contribution >= 4 is 39.7 Å². The molecule has 0 atom stereocenters. The van der Waals surface area contributed by atoms with Gasteiger partial charge in [0.1, 0.15) is 18.2 Å². The standard InChI is InChI=1S/C40H41FN4O3S/c1-6-40(7-2,38(46)47)21-36-37(49-39(3,4)5)31-20-30(48-25-29-23-43-33-10-8-9-11-34(33)44-29)17-19-35(31)45(36)24-26-12-14-27(15-13-26)32-18-16-28(41)22-42-32/h8-20,22-23H,6-7,21,24-25H2,1-5H3,(H,46,47). The summed E-state index contributed by atoms with van der Waals surface area (Å²) < 4.78 is 21.9. The number of nitrogens with zero attached hydrogens (tertiary/aromatic N) is 4. The average Bonchev–Trinajstić information content (AvgIpc) is 3.35. The number of thioether (sulfide) groups is 1. The van der Waals surface area contributed by atoms with Crippen molar-refractivity contribution in [2.24, 2.45) is 5.41 Å². The topological polar surface area (TPSA) is 90.1 Å². The summed E-state index contributed by atoms with van der Waals surface area (Å²) in [7, 11) is 0. The number of hydrogen-bond acceptors (Lipinski definition) is 6. The van der Waals surface area contributed by atoms with Crippen molar-refractivity contribution < 1.29 is 19.0 Å². The van der Waals surface area contributed by atoms with E-state index in [0.29, 0.717) is 37.3 Å². The maximum Gasteiger partial charge on any atom is 0.310 e. The molecular formula is C40H41FN4O3S. The third kappa shape index (κ3) is 7.47. The molecule has 0 bridgehead atoms. The van der Waals surface area contributed by atoms with Gasteiger partial charge in [-0.05, 0) is 60.9 Å². The van der Waals surface area contributed by atoms with Crippen LogP contribution in [0.1, 0.15) is 64.4 Å². The lowest BCUT2D eigenvalue weighted by molar-refractivity contribution is -0.149. The molecule has 0 unspecified atom stereocenters. The Morgan fingerprint density at radius 2 is 1.65 bits per heavy atom. The third-order valence-corrected chi connectivity index (χ3v) is 10.3. The smallest absolute Gasteiger partial charge is 0.310 e. The van der Waals surface area contributed by atoms with Gasteiger partial charge in [0, 0.05) is 44.8 Å². The molecule has 0 amide bonds. The summed E-state index contributed by atoms with van der Waals surface area (Å²) in [5.41, 5.74) is 6.14. The van der Waals surface area contributed by atoms with E-state index < -0.39 is 11.4 Å². The highest BCUT2D eigenvalue weighted by Gasteiger charge is 2.38. The second-order valence-electron chi connectivity index (χ2n) is 13.4.